The summed E-state index contributed by atoms with van der Waals surface area (Å²) in [6.07, 6.45) is 2.16. The van der Waals surface area contributed by atoms with Gasteiger partial charge in [-0.25, -0.2) is 4.79 Å². The highest BCUT2D eigenvalue weighted by atomic mass is 16.4. The van der Waals surface area contributed by atoms with Crippen molar-refractivity contribution in [2.75, 3.05) is 26.2 Å². The first-order valence-corrected chi connectivity index (χ1v) is 7.31. The first kappa shape index (κ1) is 17.3. The van der Waals surface area contributed by atoms with Crippen LogP contribution in [0, 0.1) is 5.41 Å². The Kier molecular flexibility index (Phi) is 6.45. The van der Waals surface area contributed by atoms with Gasteiger partial charge in [0.25, 0.3) is 0 Å². The highest BCUT2D eigenvalue weighted by Crippen LogP contribution is 2.25. The number of carboxylic acids is 1. The second-order valence-corrected chi connectivity index (χ2v) is 6.16. The summed E-state index contributed by atoms with van der Waals surface area (Å²) in [5.41, 5.74) is -0.137. The number of carboxylic acid groups (broad SMARTS) is 1. The predicted molar refractivity (Wildman–Crippen MR) is 77.9 cm³/mol. The van der Waals surface area contributed by atoms with Crippen molar-refractivity contribution in [3.63, 3.8) is 0 Å². The number of carbonyl (C=O) groups excluding carboxylic acids is 2. The molecule has 0 saturated carbocycles. The second-order valence-electron chi connectivity index (χ2n) is 6.16. The summed E-state index contributed by atoms with van der Waals surface area (Å²) in [6.45, 7) is 5.71. The molecule has 0 aliphatic carbocycles. The molecule has 1 fully saturated rings. The summed E-state index contributed by atoms with van der Waals surface area (Å²) in [7, 11) is 0. The Morgan fingerprint density at radius 3 is 2.76 bits per heavy atom. The number of nitrogens with zero attached hydrogens (tertiary/aromatic N) is 1. The van der Waals surface area contributed by atoms with Gasteiger partial charge in [-0.05, 0) is 24.7 Å². The Balaban J connectivity index is 2.31. The fourth-order valence-corrected chi connectivity index (χ4v) is 2.17. The number of aliphatic carboxylic acids is 1. The minimum Gasteiger partial charge on any atom is -0.481 e. The number of hydrogen-bond acceptors (Lipinski definition) is 3. The third kappa shape index (κ3) is 6.97. The van der Waals surface area contributed by atoms with Gasteiger partial charge in [-0.15, -0.1) is 0 Å². The van der Waals surface area contributed by atoms with Gasteiger partial charge in [0, 0.05) is 26.1 Å². The zero-order chi connectivity index (χ0) is 15.9. The topological polar surface area (TPSA) is 98.7 Å². The molecule has 1 heterocycles. The number of rotatable bonds is 6. The van der Waals surface area contributed by atoms with Gasteiger partial charge >= 0.3 is 12.0 Å². The molecule has 0 aromatic rings. The third-order valence-electron chi connectivity index (χ3n) is 3.64. The molecule has 1 rings (SSSR count). The summed E-state index contributed by atoms with van der Waals surface area (Å²) >= 11 is 0. The molecule has 0 aromatic carbocycles. The fourth-order valence-electron chi connectivity index (χ4n) is 2.17. The van der Waals surface area contributed by atoms with Crippen LogP contribution in [-0.2, 0) is 9.59 Å². The summed E-state index contributed by atoms with van der Waals surface area (Å²) in [5, 5.41) is 14.2. The van der Waals surface area contributed by atoms with Gasteiger partial charge in [0.15, 0.2) is 0 Å². The quantitative estimate of drug-likeness (QED) is 0.675. The maximum Gasteiger partial charge on any atom is 0.317 e. The Bertz CT molecular complexity index is 396. The third-order valence-corrected chi connectivity index (χ3v) is 3.64. The van der Waals surface area contributed by atoms with Gasteiger partial charge in [-0.1, -0.05) is 13.8 Å². The number of hydrogen-bond donors (Lipinski definition) is 3. The molecule has 3 N–H and O–H groups in total. The van der Waals surface area contributed by atoms with Gasteiger partial charge in [-0.2, -0.15) is 0 Å². The van der Waals surface area contributed by atoms with Gasteiger partial charge in [0.05, 0.1) is 0 Å². The largest absolute Gasteiger partial charge is 0.481 e. The van der Waals surface area contributed by atoms with E-state index in [1.165, 1.54) is 4.90 Å². The summed E-state index contributed by atoms with van der Waals surface area (Å²) in [4.78, 5) is 35.5. The van der Waals surface area contributed by atoms with Crippen LogP contribution in [0.5, 0.6) is 0 Å². The number of carbonyl (C=O) groups is 3. The van der Waals surface area contributed by atoms with Crippen molar-refractivity contribution >= 4 is 17.9 Å². The van der Waals surface area contributed by atoms with E-state index in [0.29, 0.717) is 32.5 Å². The lowest BCUT2D eigenvalue weighted by Gasteiger charge is -2.25. The van der Waals surface area contributed by atoms with Crippen LogP contribution in [0.1, 0.15) is 39.5 Å². The highest BCUT2D eigenvalue weighted by Gasteiger charge is 2.22. The van der Waals surface area contributed by atoms with Crippen molar-refractivity contribution in [2.24, 2.45) is 5.41 Å². The lowest BCUT2D eigenvalue weighted by molar-refractivity contribution is -0.137. The first-order valence-electron chi connectivity index (χ1n) is 7.31. The van der Waals surface area contributed by atoms with Crippen LogP contribution in [0.2, 0.25) is 0 Å². The molecule has 21 heavy (non-hydrogen) atoms. The Morgan fingerprint density at radius 2 is 2.10 bits per heavy atom. The average Bonchev–Trinajstić information content (AvgIpc) is 2.61. The molecule has 0 radical (unpaired) electrons. The lowest BCUT2D eigenvalue weighted by atomic mass is 9.84. The second kappa shape index (κ2) is 7.85. The van der Waals surface area contributed by atoms with Crippen LogP contribution < -0.4 is 10.6 Å². The Hall–Kier alpha value is -1.79. The van der Waals surface area contributed by atoms with Crippen LogP contribution in [0.25, 0.3) is 0 Å². The van der Waals surface area contributed by atoms with Crippen molar-refractivity contribution in [1.29, 1.82) is 0 Å². The minimum absolute atomic E-state index is 0.0915. The fraction of sp³-hybridized carbons (Fsp3) is 0.786. The maximum atomic E-state index is 12.0. The van der Waals surface area contributed by atoms with E-state index in [1.54, 1.807) is 0 Å². The molecule has 0 spiro atoms. The van der Waals surface area contributed by atoms with Crippen molar-refractivity contribution in [3.05, 3.63) is 0 Å². The van der Waals surface area contributed by atoms with E-state index in [2.05, 4.69) is 10.6 Å². The molecule has 7 nitrogen and oxygen atoms in total. The van der Waals surface area contributed by atoms with E-state index >= 15 is 0 Å². The van der Waals surface area contributed by atoms with E-state index in [-0.39, 0.29) is 30.3 Å². The predicted octanol–water partition coefficient (Wildman–Crippen LogP) is 0.799. The van der Waals surface area contributed by atoms with Gasteiger partial charge in [0.1, 0.15) is 6.54 Å². The molecule has 1 aliphatic heterocycles. The van der Waals surface area contributed by atoms with Gasteiger partial charge < -0.3 is 20.6 Å². The zero-order valence-corrected chi connectivity index (χ0v) is 12.8. The molecule has 0 unspecified atom stereocenters. The van der Waals surface area contributed by atoms with E-state index in [9.17, 15) is 14.4 Å². The number of amides is 3. The summed E-state index contributed by atoms with van der Waals surface area (Å²) in [5.74, 6) is -0.938. The molecule has 1 aliphatic rings. The molecule has 0 bridgehead atoms. The van der Waals surface area contributed by atoms with Crippen molar-refractivity contribution in [1.82, 2.24) is 15.5 Å². The summed E-state index contributed by atoms with van der Waals surface area (Å²) < 4.78 is 0. The van der Waals surface area contributed by atoms with Gasteiger partial charge in [-0.3, -0.25) is 9.59 Å². The van der Waals surface area contributed by atoms with E-state index in [0.717, 1.165) is 6.42 Å². The van der Waals surface area contributed by atoms with Crippen LogP contribution in [0.4, 0.5) is 4.79 Å². The van der Waals surface area contributed by atoms with Crippen LogP contribution in [0.3, 0.4) is 0 Å². The maximum absolute atomic E-state index is 12.0. The lowest BCUT2D eigenvalue weighted by Crippen LogP contribution is -2.44. The monoisotopic (exact) mass is 299 g/mol. The molecule has 3 amide bonds. The Morgan fingerprint density at radius 1 is 1.38 bits per heavy atom. The number of urea groups is 1. The Labute approximate surface area is 125 Å². The van der Waals surface area contributed by atoms with E-state index in [1.807, 2.05) is 13.8 Å². The smallest absolute Gasteiger partial charge is 0.317 e. The molecule has 120 valence electrons. The van der Waals surface area contributed by atoms with Crippen molar-refractivity contribution < 1.29 is 19.5 Å². The summed E-state index contributed by atoms with van der Waals surface area (Å²) in [6, 6.07) is -0.235. The molecular weight excluding hydrogens is 274 g/mol. The van der Waals surface area contributed by atoms with E-state index in [4.69, 9.17) is 5.11 Å². The molecular formula is C14H25N3O4. The standard InChI is InChI=1S/C14H25N3O4/c1-14(2,5-4-12(19)20)6-8-16-13(21)17-9-3-7-15-11(18)10-17/h3-10H2,1-2H3,(H,15,18)(H,16,21)(H,19,20). The van der Waals surface area contributed by atoms with Crippen molar-refractivity contribution in [3.8, 4) is 0 Å². The average molecular weight is 299 g/mol. The van der Waals surface area contributed by atoms with Crippen LogP contribution in [-0.4, -0.2) is 54.1 Å². The van der Waals surface area contributed by atoms with Gasteiger partial charge in [0.2, 0.25) is 5.91 Å². The molecule has 0 atom stereocenters. The van der Waals surface area contributed by atoms with E-state index < -0.39 is 5.97 Å². The molecule has 7 heteroatoms. The minimum atomic E-state index is -0.803. The number of nitrogens with one attached hydrogen (secondary N) is 2. The normalized spacial score (nSPS) is 16.1. The zero-order valence-electron chi connectivity index (χ0n) is 12.8. The molecule has 1 saturated heterocycles. The highest BCUT2D eigenvalue weighted by molar-refractivity contribution is 5.84. The van der Waals surface area contributed by atoms with Crippen molar-refractivity contribution in [2.45, 2.75) is 39.5 Å². The molecule has 0 aromatic heterocycles. The van der Waals surface area contributed by atoms with Crippen LogP contribution >= 0.6 is 0 Å². The van der Waals surface area contributed by atoms with Crippen LogP contribution in [0.15, 0.2) is 0 Å². The first-order chi connectivity index (χ1) is 9.80. The SMILES string of the molecule is CC(C)(CCNC(=O)N1CCCNC(=O)C1)CCC(=O)O.